The summed E-state index contributed by atoms with van der Waals surface area (Å²) in [4.78, 5) is 35.7. The number of hydrogen-bond acceptors (Lipinski definition) is 8. The molecule has 1 fully saturated rings. The average Bonchev–Trinajstić information content (AvgIpc) is 2.88. The minimum atomic E-state index is -0.728. The molecule has 1 N–H and O–H groups in total. The lowest BCUT2D eigenvalue weighted by Gasteiger charge is -2.33. The molecule has 10 nitrogen and oxygen atoms in total. The van der Waals surface area contributed by atoms with Crippen LogP contribution in [-0.2, 0) is 4.84 Å². The molecular weight excluding hydrogens is 462 g/mol. The summed E-state index contributed by atoms with van der Waals surface area (Å²) in [6, 6.07) is 3.58. The molecule has 1 aromatic heterocycles. The summed E-state index contributed by atoms with van der Waals surface area (Å²) >= 11 is 0. The summed E-state index contributed by atoms with van der Waals surface area (Å²) in [6.45, 7) is 4.36. The van der Waals surface area contributed by atoms with Crippen LogP contribution in [0.1, 0.15) is 93.8 Å². The van der Waals surface area contributed by atoms with E-state index in [4.69, 9.17) is 0 Å². The molecule has 0 radical (unpaired) electrons. The fraction of sp³-hybridized carbons (Fsp3) is 0.769. The van der Waals surface area contributed by atoms with Crippen LogP contribution in [-0.4, -0.2) is 67.3 Å². The number of quaternary nitrogens is 1. The quantitative estimate of drug-likeness (QED) is 0.171. The predicted octanol–water partition coefficient (Wildman–Crippen LogP) is 3.64. The maximum absolute atomic E-state index is 12.4. The van der Waals surface area contributed by atoms with Crippen molar-refractivity contribution in [2.24, 2.45) is 0 Å². The van der Waals surface area contributed by atoms with Crippen molar-refractivity contribution in [3.05, 3.63) is 39.2 Å². The second-order valence-corrected chi connectivity index (χ2v) is 9.85. The largest absolute Gasteiger partial charge is 0.626 e. The smallest absolute Gasteiger partial charge is 0.345 e. The monoisotopic (exact) mass is 507 g/mol. The molecule has 2 rings (SSSR count). The van der Waals surface area contributed by atoms with E-state index in [1.54, 1.807) is 12.3 Å². The highest BCUT2D eigenvalue weighted by molar-refractivity contribution is 5.87. The molecule has 1 aliphatic rings. The topological polar surface area (TPSA) is 116 Å². The lowest BCUT2D eigenvalue weighted by Crippen LogP contribution is -3.10. The van der Waals surface area contributed by atoms with E-state index in [1.807, 2.05) is 6.07 Å². The van der Waals surface area contributed by atoms with Crippen LogP contribution in [0.25, 0.3) is 0 Å². The Balaban J connectivity index is 1.42. The van der Waals surface area contributed by atoms with Crippen LogP contribution in [0.15, 0.2) is 18.3 Å². The third-order valence-electron chi connectivity index (χ3n) is 6.84. The van der Waals surface area contributed by atoms with Crippen LogP contribution in [0.3, 0.4) is 0 Å². The van der Waals surface area contributed by atoms with Gasteiger partial charge in [0.25, 0.3) is 5.09 Å². The molecule has 0 bridgehead atoms. The molecule has 1 atom stereocenters. The minimum Gasteiger partial charge on any atom is -0.626 e. The van der Waals surface area contributed by atoms with Gasteiger partial charge in [0.05, 0.1) is 18.7 Å². The summed E-state index contributed by atoms with van der Waals surface area (Å²) < 4.78 is 0. The van der Waals surface area contributed by atoms with Gasteiger partial charge in [-0.1, -0.05) is 64.2 Å². The van der Waals surface area contributed by atoms with Gasteiger partial charge in [0.1, 0.15) is 5.82 Å². The van der Waals surface area contributed by atoms with Crippen molar-refractivity contribution in [1.82, 2.24) is 9.88 Å². The van der Waals surface area contributed by atoms with Gasteiger partial charge in [-0.2, -0.15) is 0 Å². The van der Waals surface area contributed by atoms with E-state index in [0.29, 0.717) is 12.1 Å². The first kappa shape index (κ1) is 29.9. The minimum absolute atomic E-state index is 0.208. The second kappa shape index (κ2) is 18.0. The third kappa shape index (κ3) is 12.6. The Morgan fingerprint density at radius 1 is 0.917 bits per heavy atom. The summed E-state index contributed by atoms with van der Waals surface area (Å²) in [6.07, 6.45) is 15.8. The molecule has 1 unspecified atom stereocenters. The highest BCUT2D eigenvalue weighted by atomic mass is 16.9. The van der Waals surface area contributed by atoms with Crippen LogP contribution in [0, 0.1) is 15.3 Å². The first-order chi connectivity index (χ1) is 17.5. The number of nitrogens with zero attached hydrogens (tertiary/aromatic N) is 4. The van der Waals surface area contributed by atoms with Gasteiger partial charge >= 0.3 is 5.91 Å². The van der Waals surface area contributed by atoms with Crippen molar-refractivity contribution in [3.63, 3.8) is 0 Å². The van der Waals surface area contributed by atoms with Crippen LogP contribution in [0.4, 0.5) is 5.82 Å². The van der Waals surface area contributed by atoms with Crippen LogP contribution in [0.2, 0.25) is 0 Å². The number of anilines is 1. The molecule has 0 aromatic carbocycles. The standard InChI is InChI=1S/C26H45N5O5/c1-28-18-20-29(21-19-28)25-16-15-24(23-27-25)26(32)30(33)17-13-11-9-7-5-3-2-4-6-8-10-12-14-22-36-31(34)35/h15-16,23,30H,2-14,17-22H2,1H3. The molecular formula is C26H45N5O5. The lowest BCUT2D eigenvalue weighted by atomic mass is 10.0. The first-order valence-electron chi connectivity index (χ1n) is 13.7. The first-order valence-corrected chi connectivity index (χ1v) is 13.7. The Labute approximate surface area is 215 Å². The summed E-state index contributed by atoms with van der Waals surface area (Å²) in [5, 5.41) is 21.3. The van der Waals surface area contributed by atoms with E-state index in [0.717, 1.165) is 70.5 Å². The average molecular weight is 508 g/mol. The zero-order valence-corrected chi connectivity index (χ0v) is 22.0. The summed E-state index contributed by atoms with van der Waals surface area (Å²) in [5.74, 6) is 0.447. The lowest BCUT2D eigenvalue weighted by molar-refractivity contribution is -0.757. The number of likely N-dealkylation sites (N-methyl/N-ethyl adjacent to an activating group) is 1. The fourth-order valence-electron chi connectivity index (χ4n) is 4.49. The zero-order valence-electron chi connectivity index (χ0n) is 22.0. The molecule has 36 heavy (non-hydrogen) atoms. The maximum atomic E-state index is 12.4. The SMILES string of the molecule is CN1CCN(c2ccc(C(=O)[NH+]([O-])CCCCCCCCCCCCCCCO[N+](=O)[O-])cn2)CC1. The van der Waals surface area contributed by atoms with Crippen LogP contribution < -0.4 is 9.96 Å². The van der Waals surface area contributed by atoms with Crippen LogP contribution >= 0.6 is 0 Å². The highest BCUT2D eigenvalue weighted by Crippen LogP contribution is 2.14. The van der Waals surface area contributed by atoms with Gasteiger partial charge in [0.15, 0.2) is 0 Å². The van der Waals surface area contributed by atoms with E-state index in [1.165, 1.54) is 44.9 Å². The van der Waals surface area contributed by atoms with Crippen molar-refractivity contribution in [2.75, 3.05) is 51.3 Å². The zero-order chi connectivity index (χ0) is 26.0. The molecule has 1 saturated heterocycles. The number of hydroxylamine groups is 2. The fourth-order valence-corrected chi connectivity index (χ4v) is 4.49. The third-order valence-corrected chi connectivity index (χ3v) is 6.84. The van der Waals surface area contributed by atoms with Gasteiger partial charge in [0.2, 0.25) is 0 Å². The van der Waals surface area contributed by atoms with E-state index in [2.05, 4.69) is 26.7 Å². The Kier molecular flexibility index (Phi) is 15.0. The molecule has 2 heterocycles. The Hall–Kier alpha value is -2.30. The van der Waals surface area contributed by atoms with E-state index < -0.39 is 11.0 Å². The van der Waals surface area contributed by atoms with Gasteiger partial charge in [-0.3, -0.25) is 0 Å². The molecule has 1 aromatic rings. The van der Waals surface area contributed by atoms with Gasteiger partial charge < -0.3 is 24.9 Å². The Morgan fingerprint density at radius 3 is 1.94 bits per heavy atom. The van der Waals surface area contributed by atoms with Crippen molar-refractivity contribution in [2.45, 2.75) is 83.5 Å². The van der Waals surface area contributed by atoms with Crippen molar-refractivity contribution < 1.29 is 19.8 Å². The van der Waals surface area contributed by atoms with Crippen molar-refractivity contribution >= 4 is 11.7 Å². The van der Waals surface area contributed by atoms with Crippen molar-refractivity contribution in [1.29, 1.82) is 0 Å². The number of carbonyl (C=O) groups excluding carboxylic acids is 1. The number of piperazine rings is 1. The number of rotatable bonds is 19. The normalized spacial score (nSPS) is 15.1. The van der Waals surface area contributed by atoms with Gasteiger partial charge in [-0.05, 0) is 38.4 Å². The molecule has 204 valence electrons. The predicted molar refractivity (Wildman–Crippen MR) is 140 cm³/mol. The summed E-state index contributed by atoms with van der Waals surface area (Å²) in [7, 11) is 2.11. The molecule has 1 amide bonds. The molecule has 10 heteroatoms. The van der Waals surface area contributed by atoms with Crippen LogP contribution in [0.5, 0.6) is 0 Å². The number of hydrogen-bond donors (Lipinski definition) is 1. The number of unbranched alkanes of at least 4 members (excludes halogenated alkanes) is 12. The maximum Gasteiger partial charge on any atom is 0.345 e. The number of aromatic nitrogens is 1. The molecule has 1 aliphatic heterocycles. The molecule has 0 spiro atoms. The van der Waals surface area contributed by atoms with Gasteiger partial charge in [-0.25, -0.2) is 9.78 Å². The highest BCUT2D eigenvalue weighted by Gasteiger charge is 2.18. The second-order valence-electron chi connectivity index (χ2n) is 9.85. The molecule has 0 saturated carbocycles. The number of carbonyl (C=O) groups is 1. The number of nitrogens with one attached hydrogen (secondary N) is 1. The number of pyridine rings is 1. The van der Waals surface area contributed by atoms with Crippen molar-refractivity contribution in [3.8, 4) is 0 Å². The van der Waals surface area contributed by atoms with E-state index in [9.17, 15) is 20.1 Å². The Bertz CT molecular complexity index is 741. The van der Waals surface area contributed by atoms with Gasteiger partial charge in [0, 0.05) is 32.4 Å². The number of amides is 1. The van der Waals surface area contributed by atoms with E-state index >= 15 is 0 Å². The van der Waals surface area contributed by atoms with Gasteiger partial charge in [-0.15, -0.1) is 10.1 Å². The van der Waals surface area contributed by atoms with E-state index in [-0.39, 0.29) is 11.7 Å². The Morgan fingerprint density at radius 2 is 1.44 bits per heavy atom. The summed E-state index contributed by atoms with van der Waals surface area (Å²) in [5.41, 5.74) is 0.390. The molecule has 0 aliphatic carbocycles.